The molecule has 0 spiro atoms. The minimum atomic E-state index is -1.37. The number of nitrogens with one attached hydrogen (secondary N) is 2. The molecule has 0 fully saturated rings. The zero-order chi connectivity index (χ0) is 20.7. The number of benzene rings is 2. The van der Waals surface area contributed by atoms with Gasteiger partial charge in [-0.15, -0.1) is 0 Å². The molecular weight excluding hydrogens is 363 g/mol. The second-order valence-electron chi connectivity index (χ2n) is 6.75. The van der Waals surface area contributed by atoms with Crippen LogP contribution in [0.15, 0.2) is 48.5 Å². The van der Waals surface area contributed by atoms with E-state index in [4.69, 9.17) is 4.74 Å². The molecule has 0 radical (unpaired) electrons. The molecule has 2 aromatic rings. The molecule has 2 N–H and O–H groups in total. The van der Waals surface area contributed by atoms with Gasteiger partial charge in [0, 0.05) is 6.54 Å². The van der Waals surface area contributed by atoms with Crippen molar-refractivity contribution in [3.8, 4) is 0 Å². The van der Waals surface area contributed by atoms with Gasteiger partial charge < -0.3 is 15.4 Å². The summed E-state index contributed by atoms with van der Waals surface area (Å²) in [5.41, 5.74) is -0.0279. The molecule has 0 saturated heterocycles. The highest BCUT2D eigenvalue weighted by Crippen LogP contribution is 2.22. The van der Waals surface area contributed by atoms with E-state index in [2.05, 4.69) is 10.6 Å². The number of carbonyl (C=O) groups is 3. The SMILES string of the molecule is COC(=O)c1ccccc1NC(=O)C(C)(C)C(=O)NCCc1ccc(F)cc1. The van der Waals surface area contributed by atoms with Gasteiger partial charge in [-0.2, -0.15) is 0 Å². The van der Waals surface area contributed by atoms with Crippen LogP contribution >= 0.6 is 0 Å². The molecule has 0 unspecified atom stereocenters. The van der Waals surface area contributed by atoms with Gasteiger partial charge in [0.15, 0.2) is 0 Å². The molecule has 0 heterocycles. The van der Waals surface area contributed by atoms with Crippen LogP contribution in [0.4, 0.5) is 10.1 Å². The Morgan fingerprint density at radius 3 is 2.29 bits per heavy atom. The summed E-state index contributed by atoms with van der Waals surface area (Å²) >= 11 is 0. The minimum Gasteiger partial charge on any atom is -0.465 e. The Kier molecular flexibility index (Phi) is 6.87. The molecule has 0 saturated carbocycles. The zero-order valence-corrected chi connectivity index (χ0v) is 16.0. The molecule has 148 valence electrons. The maximum atomic E-state index is 12.9. The number of ether oxygens (including phenoxy) is 1. The molecule has 2 rings (SSSR count). The van der Waals surface area contributed by atoms with Crippen LogP contribution in [-0.4, -0.2) is 31.4 Å². The number of para-hydroxylation sites is 1. The van der Waals surface area contributed by atoms with Crippen LogP contribution in [0.25, 0.3) is 0 Å². The average molecular weight is 386 g/mol. The highest BCUT2D eigenvalue weighted by atomic mass is 19.1. The van der Waals surface area contributed by atoms with Crippen LogP contribution in [0, 0.1) is 11.2 Å². The molecule has 0 aliphatic carbocycles. The Morgan fingerprint density at radius 1 is 1.00 bits per heavy atom. The number of anilines is 1. The first-order valence-electron chi connectivity index (χ1n) is 8.77. The minimum absolute atomic E-state index is 0.200. The van der Waals surface area contributed by atoms with E-state index in [0.717, 1.165) is 5.56 Å². The maximum absolute atomic E-state index is 12.9. The molecule has 0 aliphatic heterocycles. The number of methoxy groups -OCH3 is 1. The van der Waals surface area contributed by atoms with Crippen molar-refractivity contribution < 1.29 is 23.5 Å². The van der Waals surface area contributed by atoms with Gasteiger partial charge in [-0.3, -0.25) is 9.59 Å². The van der Waals surface area contributed by atoms with Crippen LogP contribution in [0.1, 0.15) is 29.8 Å². The molecule has 0 atom stereocenters. The highest BCUT2D eigenvalue weighted by molar-refractivity contribution is 6.11. The fraction of sp³-hybridized carbons (Fsp3) is 0.286. The third-order valence-corrected chi connectivity index (χ3v) is 4.33. The molecule has 0 aliphatic rings. The number of carbonyl (C=O) groups excluding carboxylic acids is 3. The van der Waals surface area contributed by atoms with Crippen LogP contribution in [-0.2, 0) is 20.7 Å². The molecular formula is C21H23FN2O4. The molecule has 0 aromatic heterocycles. The molecule has 7 heteroatoms. The van der Waals surface area contributed by atoms with Gasteiger partial charge in [-0.25, -0.2) is 9.18 Å². The normalized spacial score (nSPS) is 10.9. The maximum Gasteiger partial charge on any atom is 0.339 e. The average Bonchev–Trinajstić information content (AvgIpc) is 2.69. The second-order valence-corrected chi connectivity index (χ2v) is 6.75. The van der Waals surface area contributed by atoms with E-state index in [1.165, 1.54) is 39.2 Å². The first kappa shape index (κ1) is 21.1. The van der Waals surface area contributed by atoms with Crippen LogP contribution in [0.3, 0.4) is 0 Å². The van der Waals surface area contributed by atoms with Crippen molar-refractivity contribution in [3.63, 3.8) is 0 Å². The summed E-state index contributed by atoms with van der Waals surface area (Å²) in [5, 5.41) is 5.34. The highest BCUT2D eigenvalue weighted by Gasteiger charge is 2.36. The summed E-state index contributed by atoms with van der Waals surface area (Å²) in [6, 6.07) is 12.4. The lowest BCUT2D eigenvalue weighted by molar-refractivity contribution is -0.138. The Bertz CT molecular complexity index is 863. The van der Waals surface area contributed by atoms with Crippen molar-refractivity contribution in [2.24, 2.45) is 5.41 Å². The number of rotatable bonds is 7. The topological polar surface area (TPSA) is 84.5 Å². The molecule has 0 bridgehead atoms. The monoisotopic (exact) mass is 386 g/mol. The Balaban J connectivity index is 1.99. The molecule has 6 nitrogen and oxygen atoms in total. The summed E-state index contributed by atoms with van der Waals surface area (Å²) in [4.78, 5) is 37.0. The van der Waals surface area contributed by atoms with Crippen LogP contribution in [0.5, 0.6) is 0 Å². The second kappa shape index (κ2) is 9.12. The fourth-order valence-corrected chi connectivity index (χ4v) is 2.45. The lowest BCUT2D eigenvalue weighted by atomic mass is 9.90. The summed E-state index contributed by atoms with van der Waals surface area (Å²) in [7, 11) is 1.25. The number of esters is 1. The van der Waals surface area contributed by atoms with Gasteiger partial charge in [-0.1, -0.05) is 24.3 Å². The summed E-state index contributed by atoms with van der Waals surface area (Å²) in [6.45, 7) is 3.30. The van der Waals surface area contributed by atoms with Crippen molar-refractivity contribution in [1.82, 2.24) is 5.32 Å². The van der Waals surface area contributed by atoms with Gasteiger partial charge in [0.05, 0.1) is 18.4 Å². The third-order valence-electron chi connectivity index (χ3n) is 4.33. The van der Waals surface area contributed by atoms with Crippen molar-refractivity contribution in [2.75, 3.05) is 19.0 Å². The fourth-order valence-electron chi connectivity index (χ4n) is 2.45. The number of halogens is 1. The smallest absolute Gasteiger partial charge is 0.339 e. The third kappa shape index (κ3) is 5.16. The number of hydrogen-bond donors (Lipinski definition) is 2. The first-order valence-corrected chi connectivity index (χ1v) is 8.77. The lowest BCUT2D eigenvalue weighted by Gasteiger charge is -2.23. The van der Waals surface area contributed by atoms with Gasteiger partial charge in [0.2, 0.25) is 11.8 Å². The van der Waals surface area contributed by atoms with Gasteiger partial charge in [0.25, 0.3) is 0 Å². The quantitative estimate of drug-likeness (QED) is 0.566. The van der Waals surface area contributed by atoms with E-state index in [9.17, 15) is 18.8 Å². The van der Waals surface area contributed by atoms with E-state index in [-0.39, 0.29) is 17.1 Å². The van der Waals surface area contributed by atoms with Gasteiger partial charge >= 0.3 is 5.97 Å². The number of amides is 2. The van der Waals surface area contributed by atoms with E-state index in [1.807, 2.05) is 0 Å². The van der Waals surface area contributed by atoms with Crippen LogP contribution in [0.2, 0.25) is 0 Å². The predicted octanol–water partition coefficient (Wildman–Crippen LogP) is 2.94. The Morgan fingerprint density at radius 2 is 1.64 bits per heavy atom. The van der Waals surface area contributed by atoms with Crippen molar-refractivity contribution in [2.45, 2.75) is 20.3 Å². The summed E-state index contributed by atoms with van der Waals surface area (Å²) < 4.78 is 17.6. The molecule has 2 aromatic carbocycles. The van der Waals surface area contributed by atoms with Crippen molar-refractivity contribution >= 4 is 23.5 Å². The Hall–Kier alpha value is -3.22. The first-order chi connectivity index (χ1) is 13.3. The Labute approximate surface area is 163 Å². The summed E-state index contributed by atoms with van der Waals surface area (Å²) in [5.74, 6) is -1.92. The standard InChI is InChI=1S/C21H23FN2O4/c1-21(2,19(26)23-13-12-14-8-10-15(22)11-9-14)20(27)24-17-7-5-4-6-16(17)18(25)28-3/h4-11H,12-13H2,1-3H3,(H,23,26)(H,24,27). The summed E-state index contributed by atoms with van der Waals surface area (Å²) in [6.07, 6.45) is 0.509. The largest absolute Gasteiger partial charge is 0.465 e. The van der Waals surface area contributed by atoms with E-state index >= 15 is 0 Å². The van der Waals surface area contributed by atoms with Crippen LogP contribution < -0.4 is 10.6 Å². The van der Waals surface area contributed by atoms with Crippen molar-refractivity contribution in [3.05, 3.63) is 65.5 Å². The van der Waals surface area contributed by atoms with E-state index in [1.54, 1.807) is 30.3 Å². The predicted molar refractivity (Wildman–Crippen MR) is 103 cm³/mol. The van der Waals surface area contributed by atoms with Gasteiger partial charge in [0.1, 0.15) is 11.2 Å². The zero-order valence-electron chi connectivity index (χ0n) is 16.0. The molecule has 28 heavy (non-hydrogen) atoms. The van der Waals surface area contributed by atoms with Gasteiger partial charge in [-0.05, 0) is 50.1 Å². The van der Waals surface area contributed by atoms with E-state index in [0.29, 0.717) is 13.0 Å². The van der Waals surface area contributed by atoms with E-state index < -0.39 is 23.2 Å². The number of hydrogen-bond acceptors (Lipinski definition) is 4. The van der Waals surface area contributed by atoms with Crippen molar-refractivity contribution in [1.29, 1.82) is 0 Å². The molecule has 2 amide bonds. The lowest BCUT2D eigenvalue weighted by Crippen LogP contribution is -2.45.